The summed E-state index contributed by atoms with van der Waals surface area (Å²) in [5, 5.41) is 8.04. The zero-order valence-corrected chi connectivity index (χ0v) is 20.2. The summed E-state index contributed by atoms with van der Waals surface area (Å²) >= 11 is 0. The first-order valence-corrected chi connectivity index (χ1v) is 12.1. The van der Waals surface area contributed by atoms with Gasteiger partial charge in [-0.25, -0.2) is 0 Å². The number of amides is 1. The summed E-state index contributed by atoms with van der Waals surface area (Å²) in [6.07, 6.45) is 0.840. The van der Waals surface area contributed by atoms with Gasteiger partial charge in [-0.1, -0.05) is 84.9 Å². The van der Waals surface area contributed by atoms with Crippen molar-refractivity contribution in [2.45, 2.75) is 12.5 Å². The fraction of sp³-hybridized carbons (Fsp3) is 0.156. The van der Waals surface area contributed by atoms with Gasteiger partial charge in [0.1, 0.15) is 0 Å². The highest BCUT2D eigenvalue weighted by molar-refractivity contribution is 5.95. The first kappa shape index (κ1) is 22.8. The van der Waals surface area contributed by atoms with E-state index in [1.54, 1.807) is 0 Å². The summed E-state index contributed by atoms with van der Waals surface area (Å²) < 4.78 is 0. The Bertz CT molecular complexity index is 1470. The maximum absolute atomic E-state index is 12.8. The van der Waals surface area contributed by atoms with Crippen LogP contribution in [0.2, 0.25) is 0 Å². The molecule has 0 bridgehead atoms. The van der Waals surface area contributed by atoms with Crippen LogP contribution in [-0.4, -0.2) is 31.4 Å². The van der Waals surface area contributed by atoms with Gasteiger partial charge in [-0.05, 0) is 83.0 Å². The summed E-state index contributed by atoms with van der Waals surface area (Å²) in [7, 11) is 4.18. The van der Waals surface area contributed by atoms with Crippen LogP contribution in [0.5, 0.6) is 0 Å². The van der Waals surface area contributed by atoms with E-state index in [2.05, 4.69) is 109 Å². The number of fused-ring (bicyclic) bond motifs is 2. The van der Waals surface area contributed by atoms with E-state index in [9.17, 15) is 4.79 Å². The monoisotopic (exact) mass is 458 g/mol. The molecule has 0 saturated carbocycles. The van der Waals surface area contributed by atoms with Gasteiger partial charge in [-0.3, -0.25) is 4.79 Å². The molecule has 0 spiro atoms. The van der Waals surface area contributed by atoms with Crippen molar-refractivity contribution in [1.29, 1.82) is 0 Å². The number of benzene rings is 5. The maximum atomic E-state index is 12.8. The van der Waals surface area contributed by atoms with Crippen LogP contribution in [0.4, 0.5) is 0 Å². The number of carbonyl (C=O) groups is 1. The van der Waals surface area contributed by atoms with Gasteiger partial charge in [0, 0.05) is 18.2 Å². The van der Waals surface area contributed by atoms with Crippen molar-refractivity contribution in [3.63, 3.8) is 0 Å². The van der Waals surface area contributed by atoms with Crippen LogP contribution in [0.25, 0.3) is 32.7 Å². The second-order valence-corrected chi connectivity index (χ2v) is 9.27. The van der Waals surface area contributed by atoms with Crippen LogP contribution >= 0.6 is 0 Å². The van der Waals surface area contributed by atoms with Crippen molar-refractivity contribution in [1.82, 2.24) is 10.2 Å². The SMILES string of the molecule is CN(C)C(CCNC(=O)c1ccc(-c2ccc3ccccc3c2)cc1)c1ccc2ccccc2c1. The molecule has 3 nitrogen and oxygen atoms in total. The van der Waals surface area contributed by atoms with E-state index >= 15 is 0 Å². The molecule has 0 fully saturated rings. The Morgan fingerprint density at radius 1 is 0.686 bits per heavy atom. The minimum Gasteiger partial charge on any atom is -0.352 e. The molecule has 1 unspecified atom stereocenters. The Kier molecular flexibility index (Phi) is 6.60. The van der Waals surface area contributed by atoms with E-state index in [0.717, 1.165) is 17.5 Å². The van der Waals surface area contributed by atoms with Crippen LogP contribution in [-0.2, 0) is 0 Å². The fourth-order valence-electron chi connectivity index (χ4n) is 4.75. The van der Waals surface area contributed by atoms with Crippen molar-refractivity contribution in [2.24, 2.45) is 0 Å². The Morgan fingerprint density at radius 2 is 1.26 bits per heavy atom. The lowest BCUT2D eigenvalue weighted by Crippen LogP contribution is -2.29. The summed E-state index contributed by atoms with van der Waals surface area (Å²) in [5.74, 6) is -0.0360. The van der Waals surface area contributed by atoms with Gasteiger partial charge in [0.25, 0.3) is 5.91 Å². The molecule has 5 rings (SSSR count). The van der Waals surface area contributed by atoms with E-state index in [1.807, 2.05) is 24.3 Å². The molecule has 0 heterocycles. The summed E-state index contributed by atoms with van der Waals surface area (Å²) in [6, 6.07) is 38.0. The molecule has 5 aromatic rings. The summed E-state index contributed by atoms with van der Waals surface area (Å²) in [6.45, 7) is 0.612. The van der Waals surface area contributed by atoms with E-state index in [0.29, 0.717) is 12.1 Å². The number of hydrogen-bond donors (Lipinski definition) is 1. The third kappa shape index (κ3) is 5.11. The van der Waals surface area contributed by atoms with Crippen molar-refractivity contribution >= 4 is 27.5 Å². The molecule has 0 aliphatic rings. The molecule has 0 aliphatic heterocycles. The van der Waals surface area contributed by atoms with E-state index < -0.39 is 0 Å². The third-order valence-corrected chi connectivity index (χ3v) is 6.71. The minimum absolute atomic E-state index is 0.0360. The Morgan fingerprint density at radius 3 is 1.91 bits per heavy atom. The minimum atomic E-state index is -0.0360. The smallest absolute Gasteiger partial charge is 0.251 e. The van der Waals surface area contributed by atoms with Gasteiger partial charge < -0.3 is 10.2 Å². The Balaban J connectivity index is 1.23. The molecule has 1 amide bonds. The number of nitrogens with one attached hydrogen (secondary N) is 1. The van der Waals surface area contributed by atoms with Gasteiger partial charge in [0.2, 0.25) is 0 Å². The molecule has 174 valence electrons. The molecule has 0 radical (unpaired) electrons. The van der Waals surface area contributed by atoms with Crippen molar-refractivity contribution in [3.8, 4) is 11.1 Å². The Labute approximate surface area is 207 Å². The molecular weight excluding hydrogens is 428 g/mol. The quantitative estimate of drug-likeness (QED) is 0.283. The lowest BCUT2D eigenvalue weighted by Gasteiger charge is -2.25. The highest BCUT2D eigenvalue weighted by atomic mass is 16.1. The zero-order valence-electron chi connectivity index (χ0n) is 20.2. The lowest BCUT2D eigenvalue weighted by molar-refractivity contribution is 0.0949. The van der Waals surface area contributed by atoms with Gasteiger partial charge >= 0.3 is 0 Å². The molecule has 0 aromatic heterocycles. The van der Waals surface area contributed by atoms with Crippen molar-refractivity contribution in [2.75, 3.05) is 20.6 Å². The number of rotatable bonds is 7. The second kappa shape index (κ2) is 10.1. The molecule has 1 N–H and O–H groups in total. The second-order valence-electron chi connectivity index (χ2n) is 9.27. The van der Waals surface area contributed by atoms with Crippen LogP contribution < -0.4 is 5.32 Å². The average molecular weight is 459 g/mol. The van der Waals surface area contributed by atoms with E-state index in [4.69, 9.17) is 0 Å². The maximum Gasteiger partial charge on any atom is 0.251 e. The van der Waals surface area contributed by atoms with Crippen LogP contribution in [0.15, 0.2) is 109 Å². The van der Waals surface area contributed by atoms with Gasteiger partial charge in [0.05, 0.1) is 0 Å². The van der Waals surface area contributed by atoms with Gasteiger partial charge in [0.15, 0.2) is 0 Å². The number of nitrogens with zero attached hydrogens (tertiary/aromatic N) is 1. The normalized spacial score (nSPS) is 12.2. The van der Waals surface area contributed by atoms with Gasteiger partial charge in [-0.2, -0.15) is 0 Å². The lowest BCUT2D eigenvalue weighted by atomic mass is 9.99. The average Bonchev–Trinajstić information content (AvgIpc) is 2.90. The largest absolute Gasteiger partial charge is 0.352 e. The molecule has 35 heavy (non-hydrogen) atoms. The predicted molar refractivity (Wildman–Crippen MR) is 147 cm³/mol. The Hall–Kier alpha value is -3.95. The number of hydrogen-bond acceptors (Lipinski definition) is 2. The molecular formula is C32H30N2O. The van der Waals surface area contributed by atoms with E-state index in [1.165, 1.54) is 27.1 Å². The number of carbonyl (C=O) groups excluding carboxylic acids is 1. The van der Waals surface area contributed by atoms with Gasteiger partial charge in [-0.15, -0.1) is 0 Å². The van der Waals surface area contributed by atoms with E-state index in [-0.39, 0.29) is 11.9 Å². The molecule has 0 aliphatic carbocycles. The molecule has 1 atom stereocenters. The van der Waals surface area contributed by atoms with Crippen molar-refractivity contribution < 1.29 is 4.79 Å². The highest BCUT2D eigenvalue weighted by Gasteiger charge is 2.15. The predicted octanol–water partition coefficient (Wildman–Crippen LogP) is 7.08. The molecule has 0 saturated heterocycles. The molecule has 5 aromatic carbocycles. The summed E-state index contributed by atoms with van der Waals surface area (Å²) in [5.41, 5.74) is 4.21. The van der Waals surface area contributed by atoms with Crippen LogP contribution in [0.3, 0.4) is 0 Å². The van der Waals surface area contributed by atoms with Crippen LogP contribution in [0.1, 0.15) is 28.4 Å². The first-order valence-electron chi connectivity index (χ1n) is 12.1. The van der Waals surface area contributed by atoms with Crippen molar-refractivity contribution in [3.05, 3.63) is 120 Å². The molecule has 3 heteroatoms. The highest BCUT2D eigenvalue weighted by Crippen LogP contribution is 2.26. The standard InChI is InChI=1S/C32H30N2O/c1-34(2)31(30-18-14-24-8-4-6-10-28(24)22-30)19-20-33-32(35)26-15-11-25(12-16-26)29-17-13-23-7-3-5-9-27(23)21-29/h3-18,21-22,31H,19-20H2,1-2H3,(H,33,35). The zero-order chi connectivity index (χ0) is 24.2. The fourth-order valence-corrected chi connectivity index (χ4v) is 4.75. The first-order chi connectivity index (χ1) is 17.1. The third-order valence-electron chi connectivity index (χ3n) is 6.71. The summed E-state index contributed by atoms with van der Waals surface area (Å²) in [4.78, 5) is 15.0. The van der Waals surface area contributed by atoms with Crippen LogP contribution in [0, 0.1) is 0 Å². The topological polar surface area (TPSA) is 32.3 Å².